The van der Waals surface area contributed by atoms with Crippen LogP contribution in [-0.2, 0) is 17.8 Å². The second-order valence-electron chi connectivity index (χ2n) is 8.14. The minimum absolute atomic E-state index is 0.0122. The van der Waals surface area contributed by atoms with Crippen LogP contribution < -0.4 is 5.32 Å². The van der Waals surface area contributed by atoms with Gasteiger partial charge in [0.2, 0.25) is 0 Å². The number of alkyl carbamates (subject to hydrolysis) is 1. The SMILES string of the molecule is CCCC[C@@H](CSC(=O)N(Cc1cccs1)Cc1cccs1)OC(=O)NC(C)(C)C. The Hall–Kier alpha value is -1.51. The first-order valence-electron chi connectivity index (χ1n) is 10.2. The lowest BCUT2D eigenvalue weighted by Gasteiger charge is -2.25. The summed E-state index contributed by atoms with van der Waals surface area (Å²) in [4.78, 5) is 29.4. The van der Waals surface area contributed by atoms with Crippen LogP contribution in [0.2, 0.25) is 0 Å². The van der Waals surface area contributed by atoms with Crippen molar-refractivity contribution in [1.29, 1.82) is 0 Å². The average molecular weight is 469 g/mol. The summed E-state index contributed by atoms with van der Waals surface area (Å²) >= 11 is 4.54. The molecule has 0 saturated carbocycles. The van der Waals surface area contributed by atoms with Gasteiger partial charge in [0.25, 0.3) is 5.24 Å². The Kier molecular flexibility index (Phi) is 10.2. The maximum absolute atomic E-state index is 13.0. The van der Waals surface area contributed by atoms with Crippen LogP contribution in [-0.4, -0.2) is 33.6 Å². The third kappa shape index (κ3) is 9.53. The van der Waals surface area contributed by atoms with E-state index in [1.54, 1.807) is 22.7 Å². The molecule has 2 aromatic rings. The molecule has 30 heavy (non-hydrogen) atoms. The zero-order chi connectivity index (χ0) is 22.0. The molecular formula is C22H32N2O3S3. The van der Waals surface area contributed by atoms with E-state index in [4.69, 9.17) is 4.74 Å². The van der Waals surface area contributed by atoms with E-state index in [2.05, 4.69) is 12.2 Å². The molecule has 0 saturated heterocycles. The first kappa shape index (κ1) is 24.8. The molecule has 0 aliphatic heterocycles. The fourth-order valence-corrected chi connectivity index (χ4v) is 5.03. The molecule has 0 spiro atoms. The van der Waals surface area contributed by atoms with E-state index in [1.165, 1.54) is 11.8 Å². The Morgan fingerprint density at radius 2 is 1.73 bits per heavy atom. The monoisotopic (exact) mass is 468 g/mol. The first-order valence-corrected chi connectivity index (χ1v) is 13.0. The van der Waals surface area contributed by atoms with E-state index < -0.39 is 6.09 Å². The van der Waals surface area contributed by atoms with Gasteiger partial charge in [-0.2, -0.15) is 0 Å². The molecule has 2 amide bonds. The number of nitrogens with zero attached hydrogens (tertiary/aromatic N) is 1. The standard InChI is InChI=1S/C22H32N2O3S3/c1-5-6-9-17(27-20(25)23-22(2,3)4)16-30-21(26)24(14-18-10-7-12-28-18)15-19-11-8-13-29-19/h7-8,10-13,17H,5-6,9,14-16H2,1-4H3,(H,23,25)/t17-/m0/s1. The predicted octanol–water partition coefficient (Wildman–Crippen LogP) is 6.75. The number of ether oxygens (including phenoxy) is 1. The van der Waals surface area contributed by atoms with Gasteiger partial charge < -0.3 is 15.0 Å². The molecule has 0 bridgehead atoms. The second-order valence-corrected chi connectivity index (χ2v) is 11.2. The third-order valence-electron chi connectivity index (χ3n) is 4.13. The molecule has 0 fully saturated rings. The highest BCUT2D eigenvalue weighted by molar-refractivity contribution is 8.13. The number of unbranched alkanes of at least 4 members (excludes halogenated alkanes) is 1. The Bertz CT molecular complexity index is 719. The van der Waals surface area contributed by atoms with Gasteiger partial charge in [-0.1, -0.05) is 43.7 Å². The van der Waals surface area contributed by atoms with Crippen LogP contribution in [0.4, 0.5) is 9.59 Å². The molecule has 2 aromatic heterocycles. The van der Waals surface area contributed by atoms with E-state index in [0.29, 0.717) is 18.8 Å². The molecule has 1 atom stereocenters. The van der Waals surface area contributed by atoms with Crippen molar-refractivity contribution >= 4 is 45.8 Å². The number of thioether (sulfide) groups is 1. The third-order valence-corrected chi connectivity index (χ3v) is 6.90. The summed E-state index contributed by atoms with van der Waals surface area (Å²) in [7, 11) is 0. The zero-order valence-corrected chi connectivity index (χ0v) is 20.6. The number of rotatable bonds is 10. The van der Waals surface area contributed by atoms with Crippen LogP contribution in [0.1, 0.15) is 56.7 Å². The minimum Gasteiger partial charge on any atom is -0.445 e. The second kappa shape index (κ2) is 12.4. The smallest absolute Gasteiger partial charge is 0.407 e. The lowest BCUT2D eigenvalue weighted by atomic mass is 10.1. The van der Waals surface area contributed by atoms with Crippen molar-refractivity contribution in [3.8, 4) is 0 Å². The highest BCUT2D eigenvalue weighted by Crippen LogP contribution is 2.23. The highest BCUT2D eigenvalue weighted by Gasteiger charge is 2.22. The summed E-state index contributed by atoms with van der Waals surface area (Å²) < 4.78 is 5.63. The Balaban J connectivity index is 1.97. The number of nitrogens with one attached hydrogen (secondary N) is 1. The number of hydrogen-bond acceptors (Lipinski definition) is 6. The van der Waals surface area contributed by atoms with E-state index in [9.17, 15) is 9.59 Å². The van der Waals surface area contributed by atoms with E-state index in [-0.39, 0.29) is 16.9 Å². The fourth-order valence-electron chi connectivity index (χ4n) is 2.72. The average Bonchev–Trinajstić information content (AvgIpc) is 3.35. The summed E-state index contributed by atoms with van der Waals surface area (Å²) in [6.07, 6.45) is 2.01. The van der Waals surface area contributed by atoms with E-state index >= 15 is 0 Å². The van der Waals surface area contributed by atoms with Crippen LogP contribution in [0.5, 0.6) is 0 Å². The van der Waals surface area contributed by atoms with Gasteiger partial charge in [0.1, 0.15) is 6.10 Å². The maximum atomic E-state index is 13.0. The summed E-state index contributed by atoms with van der Waals surface area (Å²) in [5, 5.41) is 6.90. The topological polar surface area (TPSA) is 58.6 Å². The van der Waals surface area contributed by atoms with Gasteiger partial charge in [-0.15, -0.1) is 22.7 Å². The molecule has 0 radical (unpaired) electrons. The van der Waals surface area contributed by atoms with Crippen molar-refractivity contribution in [2.24, 2.45) is 0 Å². The fraction of sp³-hybridized carbons (Fsp3) is 0.545. The Labute approximate surface area is 192 Å². The summed E-state index contributed by atoms with van der Waals surface area (Å²) in [5.41, 5.74) is -0.354. The maximum Gasteiger partial charge on any atom is 0.407 e. The van der Waals surface area contributed by atoms with Crippen molar-refractivity contribution < 1.29 is 14.3 Å². The van der Waals surface area contributed by atoms with Gasteiger partial charge in [-0.05, 0) is 50.1 Å². The molecule has 2 rings (SSSR count). The number of amides is 2. The molecule has 1 N–H and O–H groups in total. The number of thiophene rings is 2. The molecule has 0 aliphatic rings. The molecule has 5 nitrogen and oxygen atoms in total. The van der Waals surface area contributed by atoms with Gasteiger partial charge in [0, 0.05) is 21.0 Å². The van der Waals surface area contributed by atoms with E-state index in [0.717, 1.165) is 29.0 Å². The molecule has 166 valence electrons. The van der Waals surface area contributed by atoms with Crippen molar-refractivity contribution in [2.75, 3.05) is 5.75 Å². The zero-order valence-electron chi connectivity index (χ0n) is 18.2. The largest absolute Gasteiger partial charge is 0.445 e. The van der Waals surface area contributed by atoms with Gasteiger partial charge in [0.05, 0.1) is 13.1 Å². The Morgan fingerprint density at radius 3 is 2.20 bits per heavy atom. The molecule has 0 aromatic carbocycles. The number of carbonyl (C=O) groups is 2. The lowest BCUT2D eigenvalue weighted by Crippen LogP contribution is -2.42. The minimum atomic E-state index is -0.425. The van der Waals surface area contributed by atoms with Crippen LogP contribution in [0, 0.1) is 0 Å². The van der Waals surface area contributed by atoms with Crippen LogP contribution >= 0.6 is 34.4 Å². The summed E-state index contributed by atoms with van der Waals surface area (Å²) in [5.74, 6) is 0.460. The number of hydrogen-bond donors (Lipinski definition) is 1. The van der Waals surface area contributed by atoms with Crippen molar-refractivity contribution in [1.82, 2.24) is 10.2 Å². The molecular weight excluding hydrogens is 436 g/mol. The predicted molar refractivity (Wildman–Crippen MR) is 128 cm³/mol. The molecule has 0 unspecified atom stereocenters. The van der Waals surface area contributed by atoms with Crippen LogP contribution in [0.3, 0.4) is 0 Å². The van der Waals surface area contributed by atoms with Gasteiger partial charge in [0.15, 0.2) is 0 Å². The van der Waals surface area contributed by atoms with E-state index in [1.807, 2.05) is 60.7 Å². The summed E-state index contributed by atoms with van der Waals surface area (Å²) in [6.45, 7) is 9.04. The van der Waals surface area contributed by atoms with Gasteiger partial charge in [-0.25, -0.2) is 4.79 Å². The van der Waals surface area contributed by atoms with Gasteiger partial charge in [-0.3, -0.25) is 4.79 Å². The normalized spacial score (nSPS) is 12.4. The summed E-state index contributed by atoms with van der Waals surface area (Å²) in [6, 6.07) is 8.11. The number of carbonyl (C=O) groups excluding carboxylic acids is 2. The van der Waals surface area contributed by atoms with Crippen molar-refractivity contribution in [3.05, 3.63) is 44.8 Å². The highest BCUT2D eigenvalue weighted by atomic mass is 32.2. The Morgan fingerprint density at radius 1 is 1.13 bits per heavy atom. The van der Waals surface area contributed by atoms with Crippen molar-refractivity contribution in [2.45, 2.75) is 71.7 Å². The molecule has 0 aliphatic carbocycles. The quantitative estimate of drug-likeness (QED) is 0.419. The molecule has 2 heterocycles. The van der Waals surface area contributed by atoms with Crippen LogP contribution in [0.25, 0.3) is 0 Å². The van der Waals surface area contributed by atoms with Crippen LogP contribution in [0.15, 0.2) is 35.0 Å². The van der Waals surface area contributed by atoms with Crippen molar-refractivity contribution in [3.63, 3.8) is 0 Å². The first-order chi connectivity index (χ1) is 14.3. The molecule has 8 heteroatoms. The lowest BCUT2D eigenvalue weighted by molar-refractivity contribution is 0.0966. The van der Waals surface area contributed by atoms with Gasteiger partial charge >= 0.3 is 6.09 Å².